The van der Waals surface area contributed by atoms with E-state index in [2.05, 4.69) is 49.7 Å². The number of carbonyl (C=O) groups excluding carboxylic acids is 1. The van der Waals surface area contributed by atoms with Crippen LogP contribution in [0.3, 0.4) is 0 Å². The first-order chi connectivity index (χ1) is 17.0. The van der Waals surface area contributed by atoms with Crippen LogP contribution < -0.4 is 0 Å². The van der Waals surface area contributed by atoms with Crippen molar-refractivity contribution in [1.29, 1.82) is 0 Å². The van der Waals surface area contributed by atoms with Crippen molar-refractivity contribution in [3.05, 3.63) is 82.9 Å². The normalized spacial score (nSPS) is 11.6. The lowest BCUT2D eigenvalue weighted by atomic mass is 9.83. The highest BCUT2D eigenvalue weighted by Gasteiger charge is 2.24. The number of esters is 1. The van der Waals surface area contributed by atoms with Gasteiger partial charge in [0.15, 0.2) is 0 Å². The van der Waals surface area contributed by atoms with E-state index in [1.807, 2.05) is 30.3 Å². The molecule has 0 atom stereocenters. The topological polar surface area (TPSA) is 77.2 Å². The molecule has 3 aromatic carbocycles. The zero-order valence-corrected chi connectivity index (χ0v) is 21.8. The molecule has 1 N–H and O–H groups in total. The molecule has 6 nitrogen and oxygen atoms in total. The Morgan fingerprint density at radius 3 is 2.53 bits per heavy atom. The number of benzene rings is 3. The lowest BCUT2D eigenvalue weighted by Gasteiger charge is -2.23. The van der Waals surface area contributed by atoms with Gasteiger partial charge in [-0.05, 0) is 72.2 Å². The summed E-state index contributed by atoms with van der Waals surface area (Å²) in [5, 5.41) is 21.0. The highest BCUT2D eigenvalue weighted by Crippen LogP contribution is 2.40. The van der Waals surface area contributed by atoms with Gasteiger partial charge in [-0.1, -0.05) is 63.2 Å². The van der Waals surface area contributed by atoms with E-state index in [1.165, 1.54) is 4.80 Å². The van der Waals surface area contributed by atoms with E-state index in [1.54, 1.807) is 19.1 Å². The Morgan fingerprint density at radius 1 is 1.08 bits per heavy atom. The van der Waals surface area contributed by atoms with Gasteiger partial charge in [0.2, 0.25) is 0 Å². The second-order valence-electron chi connectivity index (χ2n) is 9.94. The molecular formula is C29H30ClN3O3. The first kappa shape index (κ1) is 25.5. The molecule has 1 aromatic heterocycles. The molecule has 0 spiro atoms. The molecule has 1 heterocycles. The quantitative estimate of drug-likeness (QED) is 0.170. The molecule has 4 rings (SSSR count). The van der Waals surface area contributed by atoms with E-state index in [9.17, 15) is 9.90 Å². The number of ether oxygens (including phenoxy) is 1. The third-order valence-electron chi connectivity index (χ3n) is 5.96. The van der Waals surface area contributed by atoms with E-state index in [0.29, 0.717) is 40.3 Å². The smallest absolute Gasteiger partial charge is 0.333 e. The zero-order chi connectivity index (χ0) is 26.0. The highest BCUT2D eigenvalue weighted by molar-refractivity contribution is 6.31. The fourth-order valence-electron chi connectivity index (χ4n) is 4.06. The van der Waals surface area contributed by atoms with Crippen LogP contribution in [0.1, 0.15) is 45.2 Å². The summed E-state index contributed by atoms with van der Waals surface area (Å²) in [5.74, 6) is -0.233. The van der Waals surface area contributed by atoms with E-state index in [4.69, 9.17) is 16.3 Å². The van der Waals surface area contributed by atoms with Crippen molar-refractivity contribution < 1.29 is 14.6 Å². The summed E-state index contributed by atoms with van der Waals surface area (Å²) in [6.45, 7) is 11.8. The van der Waals surface area contributed by atoms with Gasteiger partial charge in [-0.3, -0.25) is 0 Å². The van der Waals surface area contributed by atoms with Gasteiger partial charge < -0.3 is 9.84 Å². The van der Waals surface area contributed by atoms with Gasteiger partial charge in [-0.2, -0.15) is 0 Å². The fraction of sp³-hybridized carbons (Fsp3) is 0.276. The van der Waals surface area contributed by atoms with Gasteiger partial charge in [0, 0.05) is 16.2 Å². The molecule has 0 amide bonds. The highest BCUT2D eigenvalue weighted by atomic mass is 35.5. The molecule has 0 aliphatic rings. The maximum absolute atomic E-state index is 11.7. The monoisotopic (exact) mass is 503 g/mol. The number of fused-ring (bicyclic) bond motifs is 1. The molecule has 0 saturated heterocycles. The van der Waals surface area contributed by atoms with Gasteiger partial charge in [0.1, 0.15) is 22.5 Å². The molecule has 186 valence electrons. The van der Waals surface area contributed by atoms with E-state index in [-0.39, 0.29) is 17.1 Å². The molecule has 0 aliphatic carbocycles. The van der Waals surface area contributed by atoms with Crippen LogP contribution in [0.4, 0.5) is 0 Å². The summed E-state index contributed by atoms with van der Waals surface area (Å²) >= 11 is 6.14. The average Bonchev–Trinajstić information content (AvgIpc) is 3.24. The largest absolute Gasteiger partial charge is 0.505 e. The summed E-state index contributed by atoms with van der Waals surface area (Å²) in [5.41, 5.74) is 5.79. The number of phenols is 1. The molecular weight excluding hydrogens is 474 g/mol. The van der Waals surface area contributed by atoms with Crippen molar-refractivity contribution in [1.82, 2.24) is 15.0 Å². The minimum Gasteiger partial charge on any atom is -0.505 e. The van der Waals surface area contributed by atoms with Crippen molar-refractivity contribution in [3.63, 3.8) is 0 Å². The van der Waals surface area contributed by atoms with Crippen molar-refractivity contribution in [2.45, 2.75) is 46.0 Å². The van der Waals surface area contributed by atoms with E-state index in [0.717, 1.165) is 28.7 Å². The van der Waals surface area contributed by atoms with Gasteiger partial charge in [-0.25, -0.2) is 4.79 Å². The second kappa shape index (κ2) is 10.2. The number of phenolic OH excluding ortho intramolecular Hbond substituents is 1. The van der Waals surface area contributed by atoms with Crippen LogP contribution in [0.25, 0.3) is 27.8 Å². The van der Waals surface area contributed by atoms with Crippen molar-refractivity contribution in [2.24, 2.45) is 0 Å². The Morgan fingerprint density at radius 2 is 1.81 bits per heavy atom. The SMILES string of the molecule is C=C(C)C(=O)OCCCc1ccccc1-c1cc(-n2nc3ccc(Cl)cc3n2)c(O)c(C(C)(C)C)c1. The van der Waals surface area contributed by atoms with Crippen LogP contribution in [-0.4, -0.2) is 32.7 Å². The fourth-order valence-corrected chi connectivity index (χ4v) is 4.23. The molecule has 7 heteroatoms. The van der Waals surface area contributed by atoms with Gasteiger partial charge in [-0.15, -0.1) is 15.0 Å². The summed E-state index contributed by atoms with van der Waals surface area (Å²) in [6.07, 6.45) is 1.41. The summed E-state index contributed by atoms with van der Waals surface area (Å²) in [7, 11) is 0. The molecule has 0 radical (unpaired) electrons. The van der Waals surface area contributed by atoms with Crippen LogP contribution in [0.2, 0.25) is 5.02 Å². The number of hydrogen-bond acceptors (Lipinski definition) is 5. The Hall–Kier alpha value is -3.64. The minimum atomic E-state index is -0.373. The Balaban J connectivity index is 1.75. The molecule has 4 aromatic rings. The molecule has 0 saturated carbocycles. The van der Waals surface area contributed by atoms with Gasteiger partial charge in [0.05, 0.1) is 6.61 Å². The van der Waals surface area contributed by atoms with Crippen LogP contribution in [0.5, 0.6) is 5.75 Å². The third kappa shape index (κ3) is 5.44. The number of halogens is 1. The maximum Gasteiger partial charge on any atom is 0.333 e. The molecule has 0 bridgehead atoms. The van der Waals surface area contributed by atoms with E-state index >= 15 is 0 Å². The first-order valence-electron chi connectivity index (χ1n) is 11.9. The first-order valence-corrected chi connectivity index (χ1v) is 12.2. The molecule has 0 aliphatic heterocycles. The number of aryl methyl sites for hydroxylation is 1. The van der Waals surface area contributed by atoms with Crippen molar-refractivity contribution in [2.75, 3.05) is 6.61 Å². The Labute approximate surface area is 216 Å². The lowest BCUT2D eigenvalue weighted by Crippen LogP contribution is -2.13. The third-order valence-corrected chi connectivity index (χ3v) is 6.19. The van der Waals surface area contributed by atoms with Crippen LogP contribution in [0.15, 0.2) is 66.7 Å². The van der Waals surface area contributed by atoms with E-state index < -0.39 is 0 Å². The van der Waals surface area contributed by atoms with Crippen molar-refractivity contribution >= 4 is 28.6 Å². The number of aromatic nitrogens is 3. The predicted molar refractivity (Wildman–Crippen MR) is 144 cm³/mol. The number of rotatable bonds is 7. The second-order valence-corrected chi connectivity index (χ2v) is 10.4. The number of hydrogen-bond donors (Lipinski definition) is 1. The van der Waals surface area contributed by atoms with Gasteiger partial charge in [0.25, 0.3) is 0 Å². The van der Waals surface area contributed by atoms with Crippen LogP contribution in [-0.2, 0) is 21.4 Å². The van der Waals surface area contributed by atoms with Crippen molar-refractivity contribution in [3.8, 4) is 22.6 Å². The number of carbonyl (C=O) groups is 1. The lowest BCUT2D eigenvalue weighted by molar-refractivity contribution is -0.139. The van der Waals surface area contributed by atoms with Gasteiger partial charge >= 0.3 is 5.97 Å². The molecule has 36 heavy (non-hydrogen) atoms. The summed E-state index contributed by atoms with van der Waals surface area (Å²) in [4.78, 5) is 13.2. The predicted octanol–water partition coefficient (Wildman–Crippen LogP) is 6.80. The zero-order valence-electron chi connectivity index (χ0n) is 21.0. The summed E-state index contributed by atoms with van der Waals surface area (Å²) in [6, 6.07) is 17.4. The number of nitrogens with zero attached hydrogens (tertiary/aromatic N) is 3. The Bertz CT molecular complexity index is 1450. The molecule has 0 fully saturated rings. The average molecular weight is 504 g/mol. The standard InChI is InChI=1S/C29H30ClN3O3/c1-18(2)28(35)36-14-8-10-19-9-6-7-11-22(19)20-15-23(29(3,4)5)27(34)26(16-20)33-31-24-13-12-21(30)17-25(24)32-33/h6-7,9,11-13,15-17,34H,1,8,10,14H2,2-5H3. The maximum atomic E-state index is 11.7. The Kier molecular flexibility index (Phi) is 7.18. The summed E-state index contributed by atoms with van der Waals surface area (Å²) < 4.78 is 5.26. The molecule has 0 unspecified atom stereocenters. The number of aromatic hydroxyl groups is 1. The van der Waals surface area contributed by atoms with Crippen LogP contribution >= 0.6 is 11.6 Å². The minimum absolute atomic E-state index is 0.141. The van der Waals surface area contributed by atoms with Crippen LogP contribution in [0, 0.1) is 0 Å².